The highest BCUT2D eigenvalue weighted by molar-refractivity contribution is 5.33. The largest absolute Gasteiger partial charge is 0.508 e. The first kappa shape index (κ1) is 11.4. The number of phenols is 1. The number of phenolic OH excluding ortho intramolecular Hbond substituents is 1. The van der Waals surface area contributed by atoms with Gasteiger partial charge in [-0.3, -0.25) is 0 Å². The molecule has 1 fully saturated rings. The van der Waals surface area contributed by atoms with E-state index in [1.165, 1.54) is 12.8 Å². The standard InChI is InChI=1S/C13H20N2O/c14-8-7-13(6-1-2-9-15-13)11-4-3-5-12(16)10-11/h3-5,10,15-16H,1-2,6-9,14H2. The molecule has 3 heteroatoms. The van der Waals surface area contributed by atoms with E-state index in [1.807, 2.05) is 12.1 Å². The minimum absolute atomic E-state index is 0.0221. The summed E-state index contributed by atoms with van der Waals surface area (Å²) in [7, 11) is 0. The average molecular weight is 220 g/mol. The summed E-state index contributed by atoms with van der Waals surface area (Å²) in [5, 5.41) is 13.2. The van der Waals surface area contributed by atoms with Crippen molar-refractivity contribution >= 4 is 0 Å². The number of hydrogen-bond donors (Lipinski definition) is 3. The number of nitrogens with one attached hydrogen (secondary N) is 1. The fourth-order valence-electron chi connectivity index (χ4n) is 2.62. The van der Waals surface area contributed by atoms with Gasteiger partial charge in [-0.1, -0.05) is 18.6 Å². The summed E-state index contributed by atoms with van der Waals surface area (Å²) in [6.45, 7) is 1.71. The van der Waals surface area contributed by atoms with Crippen LogP contribution in [-0.4, -0.2) is 18.2 Å². The SMILES string of the molecule is NCCC1(c2cccc(O)c2)CCCCN1. The summed E-state index contributed by atoms with van der Waals surface area (Å²) < 4.78 is 0. The molecule has 1 aliphatic heterocycles. The Hall–Kier alpha value is -1.06. The van der Waals surface area contributed by atoms with Crippen molar-refractivity contribution in [1.82, 2.24) is 5.32 Å². The molecule has 1 saturated heterocycles. The fraction of sp³-hybridized carbons (Fsp3) is 0.538. The molecule has 0 amide bonds. The molecule has 1 atom stereocenters. The predicted octanol–water partition coefficient (Wildman–Crippen LogP) is 1.71. The molecule has 4 N–H and O–H groups in total. The summed E-state index contributed by atoms with van der Waals surface area (Å²) in [6.07, 6.45) is 4.48. The van der Waals surface area contributed by atoms with Crippen molar-refractivity contribution in [3.05, 3.63) is 29.8 Å². The van der Waals surface area contributed by atoms with E-state index in [2.05, 4.69) is 11.4 Å². The molecule has 16 heavy (non-hydrogen) atoms. The lowest BCUT2D eigenvalue weighted by atomic mass is 9.79. The minimum Gasteiger partial charge on any atom is -0.508 e. The van der Waals surface area contributed by atoms with E-state index in [-0.39, 0.29) is 5.54 Å². The second-order valence-corrected chi connectivity index (χ2v) is 4.55. The van der Waals surface area contributed by atoms with Gasteiger partial charge in [-0.05, 0) is 50.0 Å². The van der Waals surface area contributed by atoms with E-state index < -0.39 is 0 Å². The second kappa shape index (κ2) is 4.85. The molecular formula is C13H20N2O. The number of hydrogen-bond acceptors (Lipinski definition) is 3. The minimum atomic E-state index is -0.0221. The Morgan fingerprint density at radius 1 is 1.38 bits per heavy atom. The van der Waals surface area contributed by atoms with E-state index in [9.17, 15) is 5.11 Å². The molecule has 3 nitrogen and oxygen atoms in total. The maximum absolute atomic E-state index is 9.57. The zero-order valence-electron chi connectivity index (χ0n) is 9.58. The van der Waals surface area contributed by atoms with E-state index >= 15 is 0 Å². The maximum atomic E-state index is 9.57. The number of piperidine rings is 1. The van der Waals surface area contributed by atoms with Crippen LogP contribution in [0, 0.1) is 0 Å². The first-order valence-electron chi connectivity index (χ1n) is 6.01. The monoisotopic (exact) mass is 220 g/mol. The van der Waals surface area contributed by atoms with Crippen LogP contribution in [0.5, 0.6) is 5.75 Å². The molecular weight excluding hydrogens is 200 g/mol. The molecule has 0 aliphatic carbocycles. The molecule has 88 valence electrons. The second-order valence-electron chi connectivity index (χ2n) is 4.55. The highest BCUT2D eigenvalue weighted by Crippen LogP contribution is 2.34. The van der Waals surface area contributed by atoms with Gasteiger partial charge in [-0.25, -0.2) is 0 Å². The smallest absolute Gasteiger partial charge is 0.115 e. The highest BCUT2D eigenvalue weighted by Gasteiger charge is 2.32. The van der Waals surface area contributed by atoms with Crippen LogP contribution in [0.25, 0.3) is 0 Å². The Balaban J connectivity index is 2.30. The summed E-state index contributed by atoms with van der Waals surface area (Å²) >= 11 is 0. The van der Waals surface area contributed by atoms with Crippen molar-refractivity contribution in [1.29, 1.82) is 0 Å². The Morgan fingerprint density at radius 2 is 2.25 bits per heavy atom. The van der Waals surface area contributed by atoms with Gasteiger partial charge in [0.25, 0.3) is 0 Å². The summed E-state index contributed by atoms with van der Waals surface area (Å²) in [4.78, 5) is 0. The van der Waals surface area contributed by atoms with E-state index in [0.29, 0.717) is 12.3 Å². The van der Waals surface area contributed by atoms with Gasteiger partial charge < -0.3 is 16.2 Å². The van der Waals surface area contributed by atoms with Crippen molar-refractivity contribution in [3.8, 4) is 5.75 Å². The van der Waals surface area contributed by atoms with E-state index in [0.717, 1.165) is 24.9 Å². The average Bonchev–Trinajstić information content (AvgIpc) is 2.31. The molecule has 0 aromatic heterocycles. The number of benzene rings is 1. The van der Waals surface area contributed by atoms with Crippen molar-refractivity contribution < 1.29 is 5.11 Å². The van der Waals surface area contributed by atoms with Crippen LogP contribution in [-0.2, 0) is 5.54 Å². The number of aromatic hydroxyl groups is 1. The predicted molar refractivity (Wildman–Crippen MR) is 65.3 cm³/mol. The van der Waals surface area contributed by atoms with Gasteiger partial charge in [0.15, 0.2) is 0 Å². The van der Waals surface area contributed by atoms with Crippen molar-refractivity contribution in [2.45, 2.75) is 31.2 Å². The third-order valence-electron chi connectivity index (χ3n) is 3.46. The van der Waals surface area contributed by atoms with Crippen molar-refractivity contribution in [2.24, 2.45) is 5.73 Å². The first-order chi connectivity index (χ1) is 7.77. The van der Waals surface area contributed by atoms with Gasteiger partial charge in [0, 0.05) is 5.54 Å². The quantitative estimate of drug-likeness (QED) is 0.727. The Morgan fingerprint density at radius 3 is 2.88 bits per heavy atom. The fourth-order valence-corrected chi connectivity index (χ4v) is 2.62. The molecule has 0 saturated carbocycles. The third-order valence-corrected chi connectivity index (χ3v) is 3.46. The summed E-state index contributed by atoms with van der Waals surface area (Å²) in [5.41, 5.74) is 6.86. The van der Waals surface area contributed by atoms with Gasteiger partial charge in [0.2, 0.25) is 0 Å². The van der Waals surface area contributed by atoms with E-state index in [1.54, 1.807) is 6.07 Å². The molecule has 2 rings (SSSR count). The van der Waals surface area contributed by atoms with Crippen molar-refractivity contribution in [2.75, 3.05) is 13.1 Å². The Bertz CT molecular complexity index is 340. The lowest BCUT2D eigenvalue weighted by molar-refractivity contribution is 0.242. The van der Waals surface area contributed by atoms with Gasteiger partial charge in [-0.15, -0.1) is 0 Å². The molecule has 1 aromatic rings. The van der Waals surface area contributed by atoms with Gasteiger partial charge in [0.1, 0.15) is 5.75 Å². The Kier molecular flexibility index (Phi) is 3.46. The van der Waals surface area contributed by atoms with Gasteiger partial charge in [0.05, 0.1) is 0 Å². The third kappa shape index (κ3) is 2.20. The lowest BCUT2D eigenvalue weighted by Crippen LogP contribution is -2.47. The normalized spacial score (nSPS) is 25.6. The van der Waals surface area contributed by atoms with Crippen molar-refractivity contribution in [3.63, 3.8) is 0 Å². The number of nitrogens with two attached hydrogens (primary N) is 1. The maximum Gasteiger partial charge on any atom is 0.115 e. The van der Waals surface area contributed by atoms with Gasteiger partial charge in [-0.2, -0.15) is 0 Å². The van der Waals surface area contributed by atoms with Gasteiger partial charge >= 0.3 is 0 Å². The molecule has 0 bridgehead atoms. The van der Waals surface area contributed by atoms with Crippen LogP contribution in [0.4, 0.5) is 0 Å². The van der Waals surface area contributed by atoms with Crippen LogP contribution in [0.3, 0.4) is 0 Å². The zero-order valence-corrected chi connectivity index (χ0v) is 9.58. The Labute approximate surface area is 96.7 Å². The molecule has 0 spiro atoms. The van der Waals surface area contributed by atoms with E-state index in [4.69, 9.17) is 5.73 Å². The zero-order chi connectivity index (χ0) is 11.4. The van der Waals surface area contributed by atoms with Crippen LogP contribution >= 0.6 is 0 Å². The summed E-state index contributed by atoms with van der Waals surface area (Å²) in [6, 6.07) is 7.55. The lowest BCUT2D eigenvalue weighted by Gasteiger charge is -2.39. The molecule has 1 heterocycles. The van der Waals surface area contributed by atoms with Crippen LogP contribution < -0.4 is 11.1 Å². The first-order valence-corrected chi connectivity index (χ1v) is 6.01. The molecule has 1 unspecified atom stereocenters. The molecule has 0 radical (unpaired) electrons. The molecule has 1 aromatic carbocycles. The highest BCUT2D eigenvalue weighted by atomic mass is 16.3. The van der Waals surface area contributed by atoms with Crippen LogP contribution in [0.2, 0.25) is 0 Å². The summed E-state index contributed by atoms with van der Waals surface area (Å²) in [5.74, 6) is 0.335. The van der Waals surface area contributed by atoms with Crippen LogP contribution in [0.15, 0.2) is 24.3 Å². The molecule has 1 aliphatic rings. The topological polar surface area (TPSA) is 58.3 Å². The number of rotatable bonds is 3. The van der Waals surface area contributed by atoms with Crippen LogP contribution in [0.1, 0.15) is 31.2 Å².